The molecule has 1 aromatic heterocycles. The molecule has 0 bridgehead atoms. The van der Waals surface area contributed by atoms with Gasteiger partial charge in [-0.15, -0.1) is 12.4 Å². The minimum Gasteiger partial charge on any atom is -0.455 e. The highest BCUT2D eigenvalue weighted by Crippen LogP contribution is 2.40. The number of ether oxygens (including phenoxy) is 1. The highest BCUT2D eigenvalue weighted by Gasteiger charge is 2.26. The number of aromatic nitrogens is 1. The number of benzene rings is 2. The maximum atomic E-state index is 12.9. The van der Waals surface area contributed by atoms with Gasteiger partial charge in [0, 0.05) is 28.9 Å². The van der Waals surface area contributed by atoms with Crippen molar-refractivity contribution >= 4 is 41.6 Å². The smallest absolute Gasteiger partial charge is 0.341 e. The standard InChI is InChI=1S/C23H21ClN4O3.ClH/c24-17-11-12-21-19(14-17)28(15-16-6-1-2-9-20(16)31-21)23(30)27-26-22(29)10-5-8-18-7-3-4-13-25-18;/h1-4,6-7,9,11-14H,5,8,10,15H2,(H,26,29)(H,27,30);1H. The lowest BCUT2D eigenvalue weighted by atomic mass is 10.2. The van der Waals surface area contributed by atoms with Gasteiger partial charge in [0.05, 0.1) is 12.2 Å². The second kappa shape index (κ2) is 10.8. The number of hydrazine groups is 1. The van der Waals surface area contributed by atoms with Crippen molar-refractivity contribution in [2.24, 2.45) is 0 Å². The van der Waals surface area contributed by atoms with Crippen LogP contribution < -0.4 is 20.5 Å². The van der Waals surface area contributed by atoms with E-state index in [9.17, 15) is 9.59 Å². The van der Waals surface area contributed by atoms with Crippen LogP contribution in [0.1, 0.15) is 24.1 Å². The lowest BCUT2D eigenvalue weighted by Gasteiger charge is -2.22. The first-order chi connectivity index (χ1) is 15.1. The fraction of sp³-hybridized carbons (Fsp3) is 0.174. The fourth-order valence-electron chi connectivity index (χ4n) is 3.31. The Hall–Kier alpha value is -3.29. The summed E-state index contributed by atoms with van der Waals surface area (Å²) in [5.41, 5.74) is 7.26. The molecule has 1 aliphatic rings. The molecule has 2 aromatic carbocycles. The van der Waals surface area contributed by atoms with E-state index in [1.165, 1.54) is 4.90 Å². The number of nitrogens with zero attached hydrogens (tertiary/aromatic N) is 2. The van der Waals surface area contributed by atoms with Gasteiger partial charge in [-0.05, 0) is 49.2 Å². The Kier molecular flexibility index (Phi) is 7.92. The summed E-state index contributed by atoms with van der Waals surface area (Å²) in [5.74, 6) is 0.896. The topological polar surface area (TPSA) is 83.6 Å². The van der Waals surface area contributed by atoms with Gasteiger partial charge in [-0.2, -0.15) is 0 Å². The molecule has 9 heteroatoms. The molecule has 0 atom stereocenters. The number of hydrogen-bond acceptors (Lipinski definition) is 4. The van der Waals surface area contributed by atoms with Crippen LogP contribution in [0.5, 0.6) is 11.5 Å². The van der Waals surface area contributed by atoms with Gasteiger partial charge < -0.3 is 4.74 Å². The number of rotatable bonds is 4. The number of hydrogen-bond donors (Lipinski definition) is 2. The van der Waals surface area contributed by atoms with Crippen LogP contribution in [0.3, 0.4) is 0 Å². The number of carbonyl (C=O) groups excluding carboxylic acids is 2. The first-order valence-corrected chi connectivity index (χ1v) is 10.3. The second-order valence-electron chi connectivity index (χ2n) is 7.06. The quantitative estimate of drug-likeness (QED) is 0.521. The van der Waals surface area contributed by atoms with Crippen LogP contribution in [0.15, 0.2) is 66.9 Å². The molecule has 3 amide bonds. The Balaban J connectivity index is 0.00000289. The fourth-order valence-corrected chi connectivity index (χ4v) is 3.47. The summed E-state index contributed by atoms with van der Waals surface area (Å²) in [6.07, 6.45) is 3.31. The third kappa shape index (κ3) is 5.69. The van der Waals surface area contributed by atoms with Gasteiger partial charge in [0.25, 0.3) is 0 Å². The average Bonchev–Trinajstić information content (AvgIpc) is 2.95. The van der Waals surface area contributed by atoms with E-state index < -0.39 is 6.03 Å². The summed E-state index contributed by atoms with van der Waals surface area (Å²) in [7, 11) is 0. The van der Waals surface area contributed by atoms with Crippen LogP contribution in [0.25, 0.3) is 0 Å². The number of aryl methyl sites for hydroxylation is 1. The summed E-state index contributed by atoms with van der Waals surface area (Å²) in [6.45, 7) is 0.269. The lowest BCUT2D eigenvalue weighted by molar-refractivity contribution is -0.121. The highest BCUT2D eigenvalue weighted by atomic mass is 35.5. The molecular formula is C23H22Cl2N4O3. The van der Waals surface area contributed by atoms with Gasteiger partial charge in [0.15, 0.2) is 5.75 Å². The Morgan fingerprint density at radius 2 is 1.84 bits per heavy atom. The molecule has 0 aliphatic carbocycles. The second-order valence-corrected chi connectivity index (χ2v) is 7.50. The molecule has 0 unspecified atom stereocenters. The molecule has 7 nitrogen and oxygen atoms in total. The molecule has 2 heterocycles. The molecule has 2 N–H and O–H groups in total. The largest absolute Gasteiger partial charge is 0.455 e. The zero-order chi connectivity index (χ0) is 21.6. The van der Waals surface area contributed by atoms with Crippen molar-refractivity contribution in [3.8, 4) is 11.5 Å². The Morgan fingerprint density at radius 3 is 2.66 bits per heavy atom. The molecule has 166 valence electrons. The minimum atomic E-state index is -0.484. The number of pyridine rings is 1. The van der Waals surface area contributed by atoms with Gasteiger partial charge >= 0.3 is 6.03 Å². The SMILES string of the molecule is Cl.O=C(CCCc1ccccn1)NNC(=O)N1Cc2ccccc2Oc2ccc(Cl)cc21. The van der Waals surface area contributed by atoms with Crippen molar-refractivity contribution < 1.29 is 14.3 Å². The van der Waals surface area contributed by atoms with Crippen molar-refractivity contribution in [1.29, 1.82) is 0 Å². The highest BCUT2D eigenvalue weighted by molar-refractivity contribution is 6.31. The summed E-state index contributed by atoms with van der Waals surface area (Å²) in [4.78, 5) is 30.8. The average molecular weight is 473 g/mol. The predicted molar refractivity (Wildman–Crippen MR) is 125 cm³/mol. The van der Waals surface area contributed by atoms with Gasteiger partial charge in [0.2, 0.25) is 5.91 Å². The van der Waals surface area contributed by atoms with Crippen LogP contribution in [-0.2, 0) is 17.8 Å². The Morgan fingerprint density at radius 1 is 1.03 bits per heavy atom. The van der Waals surface area contributed by atoms with Crippen LogP contribution in [0, 0.1) is 0 Å². The first-order valence-electron chi connectivity index (χ1n) is 9.92. The minimum absolute atomic E-state index is 0. The molecule has 32 heavy (non-hydrogen) atoms. The van der Waals surface area contributed by atoms with Crippen LogP contribution in [0.4, 0.5) is 10.5 Å². The van der Waals surface area contributed by atoms with Crippen molar-refractivity contribution in [3.63, 3.8) is 0 Å². The number of anilines is 1. The Labute approximate surface area is 197 Å². The number of halogens is 2. The zero-order valence-corrected chi connectivity index (χ0v) is 18.7. The van der Waals surface area contributed by atoms with E-state index in [-0.39, 0.29) is 31.3 Å². The molecule has 3 aromatic rings. The van der Waals surface area contributed by atoms with E-state index in [2.05, 4.69) is 15.8 Å². The molecule has 1 aliphatic heterocycles. The van der Waals surface area contributed by atoms with Gasteiger partial charge in [-0.25, -0.2) is 10.2 Å². The van der Waals surface area contributed by atoms with E-state index in [4.69, 9.17) is 16.3 Å². The lowest BCUT2D eigenvalue weighted by Crippen LogP contribution is -2.48. The van der Waals surface area contributed by atoms with Crippen LogP contribution in [-0.4, -0.2) is 16.9 Å². The van der Waals surface area contributed by atoms with E-state index in [1.54, 1.807) is 24.4 Å². The normalized spacial score (nSPS) is 11.7. The van der Waals surface area contributed by atoms with E-state index >= 15 is 0 Å². The van der Waals surface area contributed by atoms with Crippen LogP contribution >= 0.6 is 24.0 Å². The third-order valence-corrected chi connectivity index (χ3v) is 5.08. The summed E-state index contributed by atoms with van der Waals surface area (Å²) in [5, 5.41) is 0.477. The molecule has 0 radical (unpaired) electrons. The molecule has 0 fully saturated rings. The van der Waals surface area contributed by atoms with Gasteiger partial charge in [-0.3, -0.25) is 20.1 Å². The Bertz CT molecular complexity index is 1100. The number of para-hydroxylation sites is 1. The maximum absolute atomic E-state index is 12.9. The van der Waals surface area contributed by atoms with Crippen molar-refractivity contribution in [3.05, 3.63) is 83.1 Å². The first kappa shape index (κ1) is 23.4. The molecule has 0 saturated carbocycles. The van der Waals surface area contributed by atoms with E-state index in [1.807, 2.05) is 42.5 Å². The molecule has 0 spiro atoms. The number of carbonyl (C=O) groups is 2. The number of fused-ring (bicyclic) bond motifs is 2. The van der Waals surface area contributed by atoms with Crippen molar-refractivity contribution in [2.75, 3.05) is 4.90 Å². The van der Waals surface area contributed by atoms with E-state index in [0.29, 0.717) is 35.1 Å². The number of nitrogens with one attached hydrogen (secondary N) is 2. The van der Waals surface area contributed by atoms with Crippen molar-refractivity contribution in [2.45, 2.75) is 25.8 Å². The monoisotopic (exact) mass is 472 g/mol. The number of urea groups is 1. The molecular weight excluding hydrogens is 451 g/mol. The number of amides is 3. The van der Waals surface area contributed by atoms with E-state index in [0.717, 1.165) is 11.3 Å². The third-order valence-electron chi connectivity index (χ3n) is 4.85. The summed E-state index contributed by atoms with van der Waals surface area (Å²) in [6, 6.07) is 17.8. The summed E-state index contributed by atoms with van der Waals surface area (Å²) >= 11 is 6.16. The van der Waals surface area contributed by atoms with Gasteiger partial charge in [0.1, 0.15) is 5.75 Å². The van der Waals surface area contributed by atoms with Gasteiger partial charge in [-0.1, -0.05) is 35.9 Å². The molecule has 4 rings (SSSR count). The van der Waals surface area contributed by atoms with Crippen molar-refractivity contribution in [1.82, 2.24) is 15.8 Å². The maximum Gasteiger partial charge on any atom is 0.341 e. The molecule has 0 saturated heterocycles. The zero-order valence-electron chi connectivity index (χ0n) is 17.1. The van der Waals surface area contributed by atoms with Crippen LogP contribution in [0.2, 0.25) is 5.02 Å². The summed E-state index contributed by atoms with van der Waals surface area (Å²) < 4.78 is 5.99. The predicted octanol–water partition coefficient (Wildman–Crippen LogP) is 5.03.